The molecule has 9 heteroatoms. The molecule has 1 aliphatic rings. The van der Waals surface area contributed by atoms with E-state index in [1.165, 1.54) is 0 Å². The number of anilines is 1. The second kappa shape index (κ2) is 13.1. The molecule has 1 saturated heterocycles. The highest BCUT2D eigenvalue weighted by Crippen LogP contribution is 2.29. The van der Waals surface area contributed by atoms with E-state index in [0.717, 1.165) is 22.5 Å². The Morgan fingerprint density at radius 2 is 1.54 bits per heavy atom. The first-order valence-corrected chi connectivity index (χ1v) is 14.3. The second-order valence-corrected chi connectivity index (χ2v) is 10.9. The molecule has 1 unspecified atom stereocenters. The van der Waals surface area contributed by atoms with Crippen LogP contribution < -0.4 is 4.90 Å². The van der Waals surface area contributed by atoms with E-state index >= 15 is 0 Å². The molecule has 5 rings (SSSR count). The molecule has 1 aliphatic heterocycles. The number of aromatic nitrogens is 2. The monoisotopic (exact) mass is 587 g/mol. The molecule has 210 valence electrons. The summed E-state index contributed by atoms with van der Waals surface area (Å²) in [5, 5.41) is 9.86. The Labute approximate surface area is 250 Å². The van der Waals surface area contributed by atoms with Crippen LogP contribution in [0.2, 0.25) is 10.0 Å². The smallest absolute Gasteiger partial charge is 0.242 e. The van der Waals surface area contributed by atoms with Gasteiger partial charge in [-0.15, -0.1) is 10.2 Å². The highest BCUT2D eigenvalue weighted by molar-refractivity contribution is 6.36. The average Bonchev–Trinajstić information content (AvgIpc) is 3.00. The number of carbonyl (C=O) groups excluding carboxylic acids is 2. The molecule has 0 aliphatic carbocycles. The molecule has 2 amide bonds. The Morgan fingerprint density at radius 1 is 0.854 bits per heavy atom. The van der Waals surface area contributed by atoms with Crippen molar-refractivity contribution >= 4 is 40.8 Å². The number of benzene rings is 3. The Hall–Kier alpha value is -3.94. The number of hydrogen-bond acceptors (Lipinski definition) is 5. The van der Waals surface area contributed by atoms with Crippen molar-refractivity contribution in [1.82, 2.24) is 20.0 Å². The van der Waals surface area contributed by atoms with Gasteiger partial charge >= 0.3 is 0 Å². The van der Waals surface area contributed by atoms with Crippen LogP contribution in [0.15, 0.2) is 91.0 Å². The van der Waals surface area contributed by atoms with Gasteiger partial charge in [-0.1, -0.05) is 83.9 Å². The molecule has 0 radical (unpaired) electrons. The van der Waals surface area contributed by atoms with E-state index in [9.17, 15) is 9.59 Å². The lowest BCUT2D eigenvalue weighted by molar-refractivity contribution is -0.142. The van der Waals surface area contributed by atoms with Gasteiger partial charge in [-0.25, -0.2) is 0 Å². The Balaban J connectivity index is 1.22. The summed E-state index contributed by atoms with van der Waals surface area (Å²) >= 11 is 12.3. The van der Waals surface area contributed by atoms with Gasteiger partial charge in [0.2, 0.25) is 11.8 Å². The molecular formula is C32H31Cl2N5O2. The maximum Gasteiger partial charge on any atom is 0.242 e. The molecule has 41 heavy (non-hydrogen) atoms. The van der Waals surface area contributed by atoms with E-state index in [4.69, 9.17) is 23.2 Å². The summed E-state index contributed by atoms with van der Waals surface area (Å²) in [5.74, 6) is 0.603. The van der Waals surface area contributed by atoms with Crippen molar-refractivity contribution in [1.29, 1.82) is 0 Å². The first-order chi connectivity index (χ1) is 19.9. The summed E-state index contributed by atoms with van der Waals surface area (Å²) in [6.07, 6.45) is 0.245. The normalized spacial score (nSPS) is 14.0. The Morgan fingerprint density at radius 3 is 2.17 bits per heavy atom. The quantitative estimate of drug-likeness (QED) is 0.255. The standard InChI is InChI=1S/C32H31Cl2N5O2/c1-23(25-10-6-3-7-11-25)39(31(40)20-24-8-4-2-5-9-24)22-32(41)38-18-16-37(17-19-38)30-15-14-29(35-36-30)27-13-12-26(33)21-28(27)34/h2-15,21,23H,16-20,22H2,1H3. The topological polar surface area (TPSA) is 69.6 Å². The molecule has 0 spiro atoms. The van der Waals surface area contributed by atoms with Crippen molar-refractivity contribution in [3.05, 3.63) is 112 Å². The summed E-state index contributed by atoms with van der Waals surface area (Å²) < 4.78 is 0. The summed E-state index contributed by atoms with van der Waals surface area (Å²) in [5.41, 5.74) is 3.35. The van der Waals surface area contributed by atoms with E-state index in [2.05, 4.69) is 15.1 Å². The van der Waals surface area contributed by atoms with Crippen LogP contribution in [-0.2, 0) is 16.0 Å². The predicted molar refractivity (Wildman–Crippen MR) is 163 cm³/mol. The SMILES string of the molecule is CC(c1ccccc1)N(CC(=O)N1CCN(c2ccc(-c3ccc(Cl)cc3Cl)nn2)CC1)C(=O)Cc1ccccc1. The summed E-state index contributed by atoms with van der Waals surface area (Å²) in [6, 6.07) is 28.3. The van der Waals surface area contributed by atoms with Gasteiger partial charge in [0.1, 0.15) is 6.54 Å². The molecule has 3 aromatic carbocycles. The number of halogens is 2. The summed E-state index contributed by atoms with van der Waals surface area (Å²) in [6.45, 7) is 4.31. The molecule has 4 aromatic rings. The third-order valence-corrected chi connectivity index (χ3v) is 7.94. The van der Waals surface area contributed by atoms with E-state index < -0.39 is 0 Å². The number of piperazine rings is 1. The van der Waals surface area contributed by atoms with Gasteiger partial charge in [-0.2, -0.15) is 0 Å². The summed E-state index contributed by atoms with van der Waals surface area (Å²) in [7, 11) is 0. The molecule has 1 atom stereocenters. The van der Waals surface area contributed by atoms with E-state index in [1.54, 1.807) is 17.0 Å². The third-order valence-electron chi connectivity index (χ3n) is 7.39. The van der Waals surface area contributed by atoms with Crippen molar-refractivity contribution in [3.8, 4) is 11.3 Å². The van der Waals surface area contributed by atoms with Crippen molar-refractivity contribution in [3.63, 3.8) is 0 Å². The van der Waals surface area contributed by atoms with Crippen LogP contribution in [0.5, 0.6) is 0 Å². The Bertz CT molecular complexity index is 1480. The minimum atomic E-state index is -0.236. The Kier molecular flexibility index (Phi) is 9.17. The van der Waals surface area contributed by atoms with Gasteiger partial charge in [0.25, 0.3) is 0 Å². The number of nitrogens with zero attached hydrogens (tertiary/aromatic N) is 5. The van der Waals surface area contributed by atoms with Crippen molar-refractivity contribution in [2.24, 2.45) is 0 Å². The van der Waals surface area contributed by atoms with Crippen LogP contribution in [0.1, 0.15) is 24.1 Å². The zero-order chi connectivity index (χ0) is 28.8. The molecule has 2 heterocycles. The predicted octanol–water partition coefficient (Wildman–Crippen LogP) is 5.93. The van der Waals surface area contributed by atoms with Crippen molar-refractivity contribution < 1.29 is 9.59 Å². The molecule has 7 nitrogen and oxygen atoms in total. The van der Waals surface area contributed by atoms with E-state index in [-0.39, 0.29) is 30.8 Å². The highest BCUT2D eigenvalue weighted by Gasteiger charge is 2.28. The highest BCUT2D eigenvalue weighted by atomic mass is 35.5. The minimum Gasteiger partial charge on any atom is -0.352 e. The number of hydrogen-bond donors (Lipinski definition) is 0. The molecular weight excluding hydrogens is 557 g/mol. The molecule has 0 saturated carbocycles. The van der Waals surface area contributed by atoms with Gasteiger partial charge in [-0.05, 0) is 48.4 Å². The third kappa shape index (κ3) is 7.04. The summed E-state index contributed by atoms with van der Waals surface area (Å²) in [4.78, 5) is 32.6. The lowest BCUT2D eigenvalue weighted by Gasteiger charge is -2.37. The van der Waals surface area contributed by atoms with Gasteiger partial charge < -0.3 is 14.7 Å². The fourth-order valence-electron chi connectivity index (χ4n) is 4.99. The van der Waals surface area contributed by atoms with Gasteiger partial charge in [-0.3, -0.25) is 9.59 Å². The fourth-order valence-corrected chi connectivity index (χ4v) is 5.50. The lowest BCUT2D eigenvalue weighted by Crippen LogP contribution is -2.52. The molecule has 1 aromatic heterocycles. The van der Waals surface area contributed by atoms with Gasteiger partial charge in [0.05, 0.1) is 23.2 Å². The first-order valence-electron chi connectivity index (χ1n) is 13.6. The maximum absolute atomic E-state index is 13.5. The number of rotatable bonds is 8. The van der Waals surface area contributed by atoms with E-state index in [1.807, 2.05) is 90.7 Å². The largest absolute Gasteiger partial charge is 0.352 e. The van der Waals surface area contributed by atoms with Crippen LogP contribution in [0.25, 0.3) is 11.3 Å². The van der Waals surface area contributed by atoms with Crippen LogP contribution in [0, 0.1) is 0 Å². The zero-order valence-electron chi connectivity index (χ0n) is 22.8. The number of amides is 2. The molecule has 1 fully saturated rings. The average molecular weight is 589 g/mol. The first kappa shape index (κ1) is 28.6. The lowest BCUT2D eigenvalue weighted by atomic mass is 10.0. The minimum absolute atomic E-state index is 0.0259. The van der Waals surface area contributed by atoms with Crippen molar-refractivity contribution in [2.75, 3.05) is 37.6 Å². The van der Waals surface area contributed by atoms with Crippen LogP contribution in [0.3, 0.4) is 0 Å². The van der Waals surface area contributed by atoms with Crippen LogP contribution >= 0.6 is 23.2 Å². The molecule has 0 bridgehead atoms. The van der Waals surface area contributed by atoms with Gasteiger partial charge in [0, 0.05) is 36.8 Å². The van der Waals surface area contributed by atoms with Crippen LogP contribution in [0.4, 0.5) is 5.82 Å². The second-order valence-electron chi connectivity index (χ2n) is 10.0. The maximum atomic E-state index is 13.5. The fraction of sp³-hybridized carbons (Fsp3) is 0.250. The number of carbonyl (C=O) groups is 2. The van der Waals surface area contributed by atoms with Crippen molar-refractivity contribution in [2.45, 2.75) is 19.4 Å². The van der Waals surface area contributed by atoms with Crippen LogP contribution in [-0.4, -0.2) is 64.5 Å². The van der Waals surface area contributed by atoms with E-state index in [0.29, 0.717) is 41.9 Å². The van der Waals surface area contributed by atoms with Gasteiger partial charge in [0.15, 0.2) is 5.82 Å². The zero-order valence-corrected chi connectivity index (χ0v) is 24.3. The molecule has 0 N–H and O–H groups in total.